The monoisotopic (exact) mass is 294 g/mol. The van der Waals surface area contributed by atoms with Crippen LogP contribution in [0.5, 0.6) is 0 Å². The molecule has 0 bridgehead atoms. The number of sulfonamides is 1. The molecule has 108 valence electrons. The molecule has 0 aliphatic rings. The maximum atomic E-state index is 11.8. The molecule has 1 atom stereocenters. The van der Waals surface area contributed by atoms with Crippen molar-refractivity contribution in [1.82, 2.24) is 4.72 Å². The van der Waals surface area contributed by atoms with Crippen LogP contribution in [0.25, 0.3) is 0 Å². The molecule has 6 heteroatoms. The Morgan fingerprint density at radius 3 is 2.45 bits per heavy atom. The van der Waals surface area contributed by atoms with E-state index in [-0.39, 0.29) is 10.9 Å². The van der Waals surface area contributed by atoms with E-state index in [0.29, 0.717) is 6.54 Å². The summed E-state index contributed by atoms with van der Waals surface area (Å²) in [6.45, 7) is 4.13. The molecule has 2 N–H and O–H groups in total. The third-order valence-corrected chi connectivity index (χ3v) is 4.49. The van der Waals surface area contributed by atoms with Gasteiger partial charge in [0.05, 0.1) is 23.5 Å². The fourth-order valence-electron chi connectivity index (χ4n) is 1.86. The summed E-state index contributed by atoms with van der Waals surface area (Å²) in [4.78, 5) is 0.265. The highest BCUT2D eigenvalue weighted by molar-refractivity contribution is 7.89. The van der Waals surface area contributed by atoms with Gasteiger partial charge >= 0.3 is 0 Å². The Morgan fingerprint density at radius 2 is 1.90 bits per heavy atom. The number of nitrogens with one attached hydrogen (secondary N) is 2. The SMILES string of the molecule is CCNS(=O)(=O)c1ccc(NC(C)c2ccoc2)cc1. The van der Waals surface area contributed by atoms with Crippen LogP contribution < -0.4 is 10.0 Å². The minimum absolute atomic E-state index is 0.0879. The van der Waals surface area contributed by atoms with Gasteiger partial charge in [0.2, 0.25) is 10.0 Å². The minimum Gasteiger partial charge on any atom is -0.472 e. The molecule has 0 saturated carbocycles. The summed E-state index contributed by atoms with van der Waals surface area (Å²) < 4.78 is 31.1. The molecule has 0 saturated heterocycles. The summed E-state index contributed by atoms with van der Waals surface area (Å²) in [6.07, 6.45) is 3.31. The van der Waals surface area contributed by atoms with Crippen LogP contribution in [0.4, 0.5) is 5.69 Å². The second-order valence-electron chi connectivity index (χ2n) is 4.45. The van der Waals surface area contributed by atoms with Crippen molar-refractivity contribution in [3.63, 3.8) is 0 Å². The highest BCUT2D eigenvalue weighted by Gasteiger charge is 2.12. The average Bonchev–Trinajstić information content (AvgIpc) is 2.93. The topological polar surface area (TPSA) is 71.3 Å². The maximum absolute atomic E-state index is 11.8. The molecule has 1 heterocycles. The summed E-state index contributed by atoms with van der Waals surface area (Å²) in [5, 5.41) is 3.28. The predicted molar refractivity (Wildman–Crippen MR) is 78.1 cm³/mol. The van der Waals surface area contributed by atoms with Crippen LogP contribution in [-0.2, 0) is 10.0 Å². The molecular weight excluding hydrogens is 276 g/mol. The molecule has 5 nitrogen and oxygen atoms in total. The van der Waals surface area contributed by atoms with Crippen molar-refractivity contribution < 1.29 is 12.8 Å². The van der Waals surface area contributed by atoms with Gasteiger partial charge in [-0.3, -0.25) is 0 Å². The van der Waals surface area contributed by atoms with Crippen LogP contribution in [0, 0.1) is 0 Å². The van der Waals surface area contributed by atoms with Gasteiger partial charge in [-0.2, -0.15) is 0 Å². The lowest BCUT2D eigenvalue weighted by atomic mass is 10.1. The van der Waals surface area contributed by atoms with E-state index < -0.39 is 10.0 Å². The molecule has 1 unspecified atom stereocenters. The fraction of sp³-hybridized carbons (Fsp3) is 0.286. The van der Waals surface area contributed by atoms with Gasteiger partial charge in [0.15, 0.2) is 0 Å². The molecule has 20 heavy (non-hydrogen) atoms. The summed E-state index contributed by atoms with van der Waals surface area (Å²) in [5.74, 6) is 0. The van der Waals surface area contributed by atoms with Crippen LogP contribution in [-0.4, -0.2) is 15.0 Å². The Bertz CT molecular complexity index is 634. The molecule has 0 fully saturated rings. The second kappa shape index (κ2) is 6.11. The zero-order valence-corrected chi connectivity index (χ0v) is 12.3. The molecule has 1 aromatic heterocycles. The fourth-order valence-corrected chi connectivity index (χ4v) is 2.90. The highest BCUT2D eigenvalue weighted by Crippen LogP contribution is 2.20. The van der Waals surface area contributed by atoms with Crippen LogP contribution in [0.2, 0.25) is 0 Å². The van der Waals surface area contributed by atoms with E-state index in [4.69, 9.17) is 4.42 Å². The Labute approximate surface area is 119 Å². The maximum Gasteiger partial charge on any atom is 0.240 e. The van der Waals surface area contributed by atoms with Gasteiger partial charge in [0, 0.05) is 17.8 Å². The Morgan fingerprint density at radius 1 is 1.20 bits per heavy atom. The van der Waals surface area contributed by atoms with Crippen molar-refractivity contribution in [3.8, 4) is 0 Å². The number of rotatable bonds is 6. The largest absolute Gasteiger partial charge is 0.472 e. The van der Waals surface area contributed by atoms with Crippen molar-refractivity contribution >= 4 is 15.7 Å². The van der Waals surface area contributed by atoms with Crippen molar-refractivity contribution in [2.45, 2.75) is 24.8 Å². The molecule has 0 spiro atoms. The molecule has 0 amide bonds. The van der Waals surface area contributed by atoms with Crippen molar-refractivity contribution in [2.75, 3.05) is 11.9 Å². The third kappa shape index (κ3) is 3.40. The smallest absolute Gasteiger partial charge is 0.240 e. The summed E-state index contributed by atoms with van der Waals surface area (Å²) in [6, 6.07) is 8.65. The van der Waals surface area contributed by atoms with Gasteiger partial charge in [-0.05, 0) is 37.3 Å². The average molecular weight is 294 g/mol. The number of hydrogen-bond acceptors (Lipinski definition) is 4. The number of furan rings is 1. The predicted octanol–water partition coefficient (Wildman–Crippen LogP) is 2.75. The first-order valence-corrected chi connectivity index (χ1v) is 7.89. The molecule has 1 aromatic carbocycles. The first kappa shape index (κ1) is 14.6. The minimum atomic E-state index is -3.39. The molecule has 0 aliphatic heterocycles. The van der Waals surface area contributed by atoms with Crippen LogP contribution >= 0.6 is 0 Å². The Kier molecular flexibility index (Phi) is 4.46. The zero-order chi connectivity index (χ0) is 14.6. The van der Waals surface area contributed by atoms with Crippen LogP contribution in [0.15, 0.2) is 52.2 Å². The van der Waals surface area contributed by atoms with E-state index in [0.717, 1.165) is 11.3 Å². The summed E-state index contributed by atoms with van der Waals surface area (Å²) in [7, 11) is -3.39. The normalized spacial score (nSPS) is 13.1. The number of benzene rings is 1. The lowest BCUT2D eigenvalue weighted by Crippen LogP contribution is -2.23. The molecule has 2 aromatic rings. The van der Waals surface area contributed by atoms with Gasteiger partial charge in [0.1, 0.15) is 0 Å². The molecule has 0 radical (unpaired) electrons. The van der Waals surface area contributed by atoms with E-state index in [1.807, 2.05) is 13.0 Å². The Hall–Kier alpha value is -1.79. The standard InChI is InChI=1S/C14H18N2O3S/c1-3-15-20(17,18)14-6-4-13(5-7-14)16-11(2)12-8-9-19-10-12/h4-11,15-16H,3H2,1-2H3. The van der Waals surface area contributed by atoms with E-state index in [1.54, 1.807) is 43.7 Å². The van der Waals surface area contributed by atoms with Gasteiger partial charge < -0.3 is 9.73 Å². The number of anilines is 1. The number of hydrogen-bond donors (Lipinski definition) is 2. The highest BCUT2D eigenvalue weighted by atomic mass is 32.2. The van der Waals surface area contributed by atoms with Crippen LogP contribution in [0.3, 0.4) is 0 Å². The molecule has 0 aliphatic carbocycles. The zero-order valence-electron chi connectivity index (χ0n) is 11.5. The molecular formula is C14H18N2O3S. The lowest BCUT2D eigenvalue weighted by Gasteiger charge is -2.14. The first-order valence-electron chi connectivity index (χ1n) is 6.41. The summed E-state index contributed by atoms with van der Waals surface area (Å²) >= 11 is 0. The van der Waals surface area contributed by atoms with E-state index in [2.05, 4.69) is 10.0 Å². The lowest BCUT2D eigenvalue weighted by molar-refractivity contribution is 0.562. The summed E-state index contributed by atoms with van der Waals surface area (Å²) in [5.41, 5.74) is 1.89. The van der Waals surface area contributed by atoms with Gasteiger partial charge in [-0.15, -0.1) is 0 Å². The second-order valence-corrected chi connectivity index (χ2v) is 6.22. The van der Waals surface area contributed by atoms with E-state index in [9.17, 15) is 8.42 Å². The van der Waals surface area contributed by atoms with E-state index >= 15 is 0 Å². The quantitative estimate of drug-likeness (QED) is 0.859. The van der Waals surface area contributed by atoms with Crippen molar-refractivity contribution in [3.05, 3.63) is 48.4 Å². The van der Waals surface area contributed by atoms with Gasteiger partial charge in [-0.1, -0.05) is 6.92 Å². The van der Waals surface area contributed by atoms with Gasteiger partial charge in [0.25, 0.3) is 0 Å². The first-order chi connectivity index (χ1) is 9.53. The van der Waals surface area contributed by atoms with E-state index in [1.165, 1.54) is 0 Å². The third-order valence-electron chi connectivity index (χ3n) is 2.93. The van der Waals surface area contributed by atoms with Crippen molar-refractivity contribution in [2.24, 2.45) is 0 Å². The van der Waals surface area contributed by atoms with Gasteiger partial charge in [-0.25, -0.2) is 13.1 Å². The molecule has 2 rings (SSSR count). The Balaban J connectivity index is 2.09. The van der Waals surface area contributed by atoms with Crippen LogP contribution in [0.1, 0.15) is 25.5 Å². The van der Waals surface area contributed by atoms with Crippen molar-refractivity contribution in [1.29, 1.82) is 0 Å².